The Kier molecular flexibility index (Phi) is 6.70. The van der Waals surface area contributed by atoms with E-state index in [4.69, 9.17) is 21.1 Å². The van der Waals surface area contributed by atoms with Gasteiger partial charge in [0.05, 0.1) is 10.8 Å². The van der Waals surface area contributed by atoms with Crippen molar-refractivity contribution in [1.29, 1.82) is 0 Å². The lowest BCUT2D eigenvalue weighted by molar-refractivity contribution is -0.119. The Bertz CT molecular complexity index is 524. The van der Waals surface area contributed by atoms with Gasteiger partial charge in [-0.25, -0.2) is 0 Å². The van der Waals surface area contributed by atoms with E-state index < -0.39 is 0 Å². The summed E-state index contributed by atoms with van der Waals surface area (Å²) in [6.45, 7) is 5.21. The topological polar surface area (TPSA) is 47.6 Å². The summed E-state index contributed by atoms with van der Waals surface area (Å²) >= 11 is 7.77. The zero-order valence-electron chi connectivity index (χ0n) is 13.0. The smallest absolute Gasteiger partial charge is 0.230 e. The van der Waals surface area contributed by atoms with Gasteiger partial charge in [-0.15, -0.1) is 11.8 Å². The largest absolute Gasteiger partial charge is 0.486 e. The molecule has 22 heavy (non-hydrogen) atoms. The average Bonchev–Trinajstić information content (AvgIpc) is 2.47. The van der Waals surface area contributed by atoms with Gasteiger partial charge in [-0.3, -0.25) is 4.79 Å². The van der Waals surface area contributed by atoms with Crippen LogP contribution in [0.1, 0.15) is 32.3 Å². The molecule has 0 saturated carbocycles. The standard InChI is InChI=1S/C16H22ClNO3S/c1-3-4-11(2)18-15(19)10-22-9-12-7-13(17)16-14(8-12)20-5-6-21-16/h7-8,11H,3-6,9-10H2,1-2H3,(H,18,19)/t11-/m1/s1. The summed E-state index contributed by atoms with van der Waals surface area (Å²) in [5, 5.41) is 3.56. The van der Waals surface area contributed by atoms with Crippen molar-refractivity contribution in [1.82, 2.24) is 5.32 Å². The molecule has 0 radical (unpaired) electrons. The molecule has 1 aliphatic rings. The quantitative estimate of drug-likeness (QED) is 0.821. The Morgan fingerprint density at radius 2 is 2.18 bits per heavy atom. The van der Waals surface area contributed by atoms with Gasteiger partial charge in [0.25, 0.3) is 0 Å². The first-order chi connectivity index (χ1) is 10.6. The second-order valence-electron chi connectivity index (χ2n) is 5.35. The Morgan fingerprint density at radius 3 is 2.95 bits per heavy atom. The molecule has 0 spiro atoms. The van der Waals surface area contributed by atoms with Crippen LogP contribution in [0, 0.1) is 0 Å². The van der Waals surface area contributed by atoms with E-state index >= 15 is 0 Å². The van der Waals surface area contributed by atoms with Crippen molar-refractivity contribution in [3.8, 4) is 11.5 Å². The molecule has 2 rings (SSSR count). The Hall–Kier alpha value is -1.07. The van der Waals surface area contributed by atoms with Gasteiger partial charge in [0.15, 0.2) is 11.5 Å². The number of ether oxygens (including phenoxy) is 2. The number of thioether (sulfide) groups is 1. The third-order valence-electron chi connectivity index (χ3n) is 3.29. The number of rotatable bonds is 7. The summed E-state index contributed by atoms with van der Waals surface area (Å²) in [6.07, 6.45) is 2.08. The van der Waals surface area contributed by atoms with Gasteiger partial charge in [0.1, 0.15) is 13.2 Å². The highest BCUT2D eigenvalue weighted by Gasteiger charge is 2.16. The monoisotopic (exact) mass is 343 g/mol. The van der Waals surface area contributed by atoms with Crippen LogP contribution in [0.15, 0.2) is 12.1 Å². The maximum absolute atomic E-state index is 11.8. The maximum atomic E-state index is 11.8. The first-order valence-corrected chi connectivity index (χ1v) is 9.08. The van der Waals surface area contributed by atoms with E-state index in [9.17, 15) is 4.79 Å². The number of hydrogen-bond donors (Lipinski definition) is 1. The second-order valence-corrected chi connectivity index (χ2v) is 6.74. The lowest BCUT2D eigenvalue weighted by atomic mass is 10.2. The minimum absolute atomic E-state index is 0.0783. The summed E-state index contributed by atoms with van der Waals surface area (Å²) in [7, 11) is 0. The second kappa shape index (κ2) is 8.53. The van der Waals surface area contributed by atoms with Crippen LogP contribution in [0.25, 0.3) is 0 Å². The average molecular weight is 344 g/mol. The van der Waals surface area contributed by atoms with Crippen LogP contribution in [0.2, 0.25) is 5.02 Å². The van der Waals surface area contributed by atoms with Crippen molar-refractivity contribution in [2.24, 2.45) is 0 Å². The normalized spacial score (nSPS) is 14.5. The number of amides is 1. The van der Waals surface area contributed by atoms with E-state index in [0.717, 1.165) is 18.4 Å². The van der Waals surface area contributed by atoms with Crippen LogP contribution in [0.3, 0.4) is 0 Å². The molecule has 0 saturated heterocycles. The molecule has 1 aliphatic heterocycles. The van der Waals surface area contributed by atoms with Crippen LogP contribution >= 0.6 is 23.4 Å². The van der Waals surface area contributed by atoms with Crippen molar-refractivity contribution >= 4 is 29.3 Å². The van der Waals surface area contributed by atoms with E-state index in [1.807, 2.05) is 19.1 Å². The summed E-state index contributed by atoms with van der Waals surface area (Å²) < 4.78 is 11.0. The molecule has 0 unspecified atom stereocenters. The molecule has 1 heterocycles. The summed E-state index contributed by atoms with van der Waals surface area (Å²) in [5.74, 6) is 2.55. The van der Waals surface area contributed by atoms with Gasteiger partial charge in [-0.05, 0) is 31.0 Å². The minimum atomic E-state index is 0.0783. The molecule has 1 aromatic rings. The number of benzene rings is 1. The molecule has 1 atom stereocenters. The van der Waals surface area contributed by atoms with Crippen LogP contribution < -0.4 is 14.8 Å². The molecule has 1 aromatic carbocycles. The fourth-order valence-corrected chi connectivity index (χ4v) is 3.39. The van der Waals surface area contributed by atoms with Crippen molar-refractivity contribution in [3.05, 3.63) is 22.7 Å². The highest BCUT2D eigenvalue weighted by atomic mass is 35.5. The minimum Gasteiger partial charge on any atom is -0.486 e. The van der Waals surface area contributed by atoms with Crippen LogP contribution in [-0.2, 0) is 10.5 Å². The molecule has 0 fully saturated rings. The third kappa shape index (κ3) is 4.99. The zero-order valence-corrected chi connectivity index (χ0v) is 14.6. The number of halogens is 1. The zero-order chi connectivity index (χ0) is 15.9. The lowest BCUT2D eigenvalue weighted by Gasteiger charge is -2.20. The maximum Gasteiger partial charge on any atom is 0.230 e. The molecule has 122 valence electrons. The number of hydrogen-bond acceptors (Lipinski definition) is 4. The number of carbonyl (C=O) groups excluding carboxylic acids is 1. The molecule has 4 nitrogen and oxygen atoms in total. The van der Waals surface area contributed by atoms with E-state index in [1.54, 1.807) is 11.8 Å². The first-order valence-electron chi connectivity index (χ1n) is 7.55. The molecule has 1 amide bonds. The number of nitrogens with one attached hydrogen (secondary N) is 1. The van der Waals surface area contributed by atoms with Crippen LogP contribution in [0.5, 0.6) is 11.5 Å². The van der Waals surface area contributed by atoms with Crippen LogP contribution in [0.4, 0.5) is 0 Å². The fourth-order valence-electron chi connectivity index (χ4n) is 2.33. The fraction of sp³-hybridized carbons (Fsp3) is 0.562. The third-order valence-corrected chi connectivity index (χ3v) is 4.57. The van der Waals surface area contributed by atoms with Crippen molar-refractivity contribution in [3.63, 3.8) is 0 Å². The molecular weight excluding hydrogens is 322 g/mol. The predicted octanol–water partition coefficient (Wildman–Crippen LogP) is 3.65. The van der Waals surface area contributed by atoms with Crippen molar-refractivity contribution in [2.75, 3.05) is 19.0 Å². The van der Waals surface area contributed by atoms with Gasteiger partial charge in [0.2, 0.25) is 5.91 Å². The van der Waals surface area contributed by atoms with Gasteiger partial charge < -0.3 is 14.8 Å². The number of fused-ring (bicyclic) bond motifs is 1. The highest BCUT2D eigenvalue weighted by molar-refractivity contribution is 7.99. The van der Waals surface area contributed by atoms with Gasteiger partial charge in [-0.2, -0.15) is 0 Å². The molecule has 1 N–H and O–H groups in total. The summed E-state index contributed by atoms with van der Waals surface area (Å²) in [5.41, 5.74) is 1.04. The van der Waals surface area contributed by atoms with Gasteiger partial charge in [0, 0.05) is 11.8 Å². The lowest BCUT2D eigenvalue weighted by Crippen LogP contribution is -2.33. The van der Waals surface area contributed by atoms with Crippen LogP contribution in [-0.4, -0.2) is 30.9 Å². The molecule has 0 aromatic heterocycles. The first kappa shape index (κ1) is 17.3. The Balaban J connectivity index is 1.82. The Morgan fingerprint density at radius 1 is 1.41 bits per heavy atom. The molecular formula is C16H22ClNO3S. The van der Waals surface area contributed by atoms with Gasteiger partial charge in [-0.1, -0.05) is 24.9 Å². The SMILES string of the molecule is CCC[C@@H](C)NC(=O)CSCc1cc(Cl)c2c(c1)OCCO2. The van der Waals surface area contributed by atoms with E-state index in [1.165, 1.54) is 0 Å². The molecule has 6 heteroatoms. The predicted molar refractivity (Wildman–Crippen MR) is 91.1 cm³/mol. The Labute approximate surface area is 140 Å². The number of carbonyl (C=O) groups is 1. The van der Waals surface area contributed by atoms with Crippen molar-refractivity contribution in [2.45, 2.75) is 38.5 Å². The highest BCUT2D eigenvalue weighted by Crippen LogP contribution is 2.39. The summed E-state index contributed by atoms with van der Waals surface area (Å²) in [6, 6.07) is 4.05. The van der Waals surface area contributed by atoms with Gasteiger partial charge >= 0.3 is 0 Å². The van der Waals surface area contributed by atoms with E-state index in [2.05, 4.69) is 12.2 Å². The van der Waals surface area contributed by atoms with E-state index in [-0.39, 0.29) is 11.9 Å². The molecule has 0 aliphatic carbocycles. The summed E-state index contributed by atoms with van der Waals surface area (Å²) in [4.78, 5) is 11.8. The van der Waals surface area contributed by atoms with Crippen molar-refractivity contribution < 1.29 is 14.3 Å². The van der Waals surface area contributed by atoms with E-state index in [0.29, 0.717) is 41.2 Å². The molecule has 0 bridgehead atoms.